The Hall–Kier alpha value is -1.62. The lowest BCUT2D eigenvalue weighted by molar-refractivity contribution is 0.153. The highest BCUT2D eigenvalue weighted by Crippen LogP contribution is 2.15. The van der Waals surface area contributed by atoms with E-state index in [0.29, 0.717) is 12.6 Å². The number of likely N-dealkylation sites (N-methyl/N-ethyl adjacent to an activating group) is 1. The van der Waals surface area contributed by atoms with Crippen LogP contribution < -0.4 is 10.6 Å². The molecule has 2 N–H and O–H groups in total. The van der Waals surface area contributed by atoms with E-state index in [1.54, 1.807) is 6.20 Å². The summed E-state index contributed by atoms with van der Waals surface area (Å²) in [7, 11) is 0. The predicted octanol–water partition coefficient (Wildman–Crippen LogP) is 1.80. The van der Waals surface area contributed by atoms with Crippen molar-refractivity contribution in [2.45, 2.75) is 38.6 Å². The summed E-state index contributed by atoms with van der Waals surface area (Å²) in [4.78, 5) is 18.3. The van der Waals surface area contributed by atoms with Crippen LogP contribution in [-0.2, 0) is 6.42 Å². The summed E-state index contributed by atoms with van der Waals surface area (Å²) in [5.41, 5.74) is 1.14. The molecule has 2 amide bonds. The maximum atomic E-state index is 11.8. The third-order valence-corrected chi connectivity index (χ3v) is 4.08. The van der Waals surface area contributed by atoms with Gasteiger partial charge < -0.3 is 10.6 Å². The molecule has 1 aromatic heterocycles. The molecule has 2 heterocycles. The second-order valence-electron chi connectivity index (χ2n) is 5.53. The number of hydrogen-bond acceptors (Lipinski definition) is 3. The highest BCUT2D eigenvalue weighted by atomic mass is 16.2. The molecule has 0 bridgehead atoms. The SMILES string of the molecule is CCN1CCCC[C@H]1CNC(=O)NCCc1cccnc1. The first-order chi connectivity index (χ1) is 10.3. The van der Waals surface area contributed by atoms with Gasteiger partial charge in [0, 0.05) is 31.5 Å². The first-order valence-corrected chi connectivity index (χ1v) is 7.94. The van der Waals surface area contributed by atoms with Gasteiger partial charge in [-0.1, -0.05) is 19.4 Å². The molecule has 1 atom stereocenters. The van der Waals surface area contributed by atoms with E-state index in [-0.39, 0.29) is 6.03 Å². The van der Waals surface area contributed by atoms with Gasteiger partial charge >= 0.3 is 6.03 Å². The van der Waals surface area contributed by atoms with Crippen LogP contribution in [0.4, 0.5) is 4.79 Å². The van der Waals surface area contributed by atoms with Crippen molar-refractivity contribution < 1.29 is 4.79 Å². The second kappa shape index (κ2) is 8.62. The lowest BCUT2D eigenvalue weighted by atomic mass is 10.0. The number of nitrogens with one attached hydrogen (secondary N) is 2. The Balaban J connectivity index is 1.63. The summed E-state index contributed by atoms with van der Waals surface area (Å²) in [6, 6.07) is 4.36. The largest absolute Gasteiger partial charge is 0.338 e. The van der Waals surface area contributed by atoms with E-state index in [1.807, 2.05) is 18.3 Å². The molecule has 2 rings (SSSR count). The molecule has 0 spiro atoms. The smallest absolute Gasteiger partial charge is 0.314 e. The number of carbonyl (C=O) groups excluding carboxylic acids is 1. The van der Waals surface area contributed by atoms with Crippen LogP contribution in [0.1, 0.15) is 31.7 Å². The van der Waals surface area contributed by atoms with Crippen LogP contribution in [0.5, 0.6) is 0 Å². The molecule has 5 heteroatoms. The summed E-state index contributed by atoms with van der Waals surface area (Å²) in [6.45, 7) is 5.79. The molecule has 1 aliphatic heterocycles. The van der Waals surface area contributed by atoms with E-state index >= 15 is 0 Å². The number of aromatic nitrogens is 1. The number of pyridine rings is 1. The molecule has 1 aliphatic rings. The van der Waals surface area contributed by atoms with Crippen molar-refractivity contribution in [1.82, 2.24) is 20.5 Å². The van der Waals surface area contributed by atoms with Crippen LogP contribution >= 0.6 is 0 Å². The Bertz CT molecular complexity index is 424. The minimum absolute atomic E-state index is 0.0690. The first-order valence-electron chi connectivity index (χ1n) is 7.94. The number of rotatable bonds is 6. The number of likely N-dealkylation sites (tertiary alicyclic amines) is 1. The molecule has 0 unspecified atom stereocenters. The summed E-state index contributed by atoms with van der Waals surface area (Å²) in [5, 5.41) is 5.90. The number of hydrogen-bond donors (Lipinski definition) is 2. The molecule has 1 aromatic rings. The molecule has 5 nitrogen and oxygen atoms in total. The molecule has 0 aromatic carbocycles. The molecule has 0 saturated carbocycles. The Morgan fingerprint density at radius 2 is 2.33 bits per heavy atom. The molecular formula is C16H26N4O. The number of piperidine rings is 1. The van der Waals surface area contributed by atoms with Crippen molar-refractivity contribution in [3.05, 3.63) is 30.1 Å². The van der Waals surface area contributed by atoms with Crippen LogP contribution in [0.2, 0.25) is 0 Å². The standard InChI is InChI=1S/C16H26N4O/c1-2-20-11-4-3-7-15(20)13-19-16(21)18-10-8-14-6-5-9-17-12-14/h5-6,9,12,15H,2-4,7-8,10-11,13H2,1H3,(H2,18,19,21)/t15-/m0/s1. The van der Waals surface area contributed by atoms with Gasteiger partial charge in [0.2, 0.25) is 0 Å². The Kier molecular flexibility index (Phi) is 6.47. The van der Waals surface area contributed by atoms with Gasteiger partial charge in [-0.15, -0.1) is 0 Å². The van der Waals surface area contributed by atoms with Crippen LogP contribution in [-0.4, -0.2) is 48.1 Å². The van der Waals surface area contributed by atoms with Gasteiger partial charge in [-0.3, -0.25) is 9.88 Å². The summed E-state index contributed by atoms with van der Waals surface area (Å²) < 4.78 is 0. The minimum atomic E-state index is -0.0690. The van der Waals surface area contributed by atoms with E-state index in [1.165, 1.54) is 19.3 Å². The van der Waals surface area contributed by atoms with E-state index in [0.717, 1.165) is 31.6 Å². The number of urea groups is 1. The van der Waals surface area contributed by atoms with Crippen molar-refractivity contribution in [2.75, 3.05) is 26.2 Å². The van der Waals surface area contributed by atoms with Gasteiger partial charge in [-0.2, -0.15) is 0 Å². The van der Waals surface area contributed by atoms with E-state index < -0.39 is 0 Å². The minimum Gasteiger partial charge on any atom is -0.338 e. The van der Waals surface area contributed by atoms with Crippen molar-refractivity contribution in [3.63, 3.8) is 0 Å². The van der Waals surface area contributed by atoms with Gasteiger partial charge in [0.15, 0.2) is 0 Å². The Morgan fingerprint density at radius 3 is 3.10 bits per heavy atom. The highest BCUT2D eigenvalue weighted by Gasteiger charge is 2.20. The molecule has 1 fully saturated rings. The van der Waals surface area contributed by atoms with Crippen molar-refractivity contribution in [2.24, 2.45) is 0 Å². The maximum absolute atomic E-state index is 11.8. The average molecular weight is 290 g/mol. The monoisotopic (exact) mass is 290 g/mol. The normalized spacial score (nSPS) is 19.2. The van der Waals surface area contributed by atoms with E-state index in [9.17, 15) is 4.79 Å². The molecule has 1 saturated heterocycles. The lowest BCUT2D eigenvalue weighted by Gasteiger charge is -2.34. The molecule has 0 aliphatic carbocycles. The van der Waals surface area contributed by atoms with Crippen molar-refractivity contribution in [1.29, 1.82) is 0 Å². The summed E-state index contributed by atoms with van der Waals surface area (Å²) in [6.07, 6.45) is 8.14. The highest BCUT2D eigenvalue weighted by molar-refractivity contribution is 5.73. The number of nitrogens with zero attached hydrogens (tertiary/aromatic N) is 2. The first kappa shape index (κ1) is 15.8. The van der Waals surface area contributed by atoms with Gasteiger partial charge in [0.05, 0.1) is 0 Å². The molecular weight excluding hydrogens is 264 g/mol. The zero-order valence-corrected chi connectivity index (χ0v) is 12.8. The predicted molar refractivity (Wildman–Crippen MR) is 84.2 cm³/mol. The van der Waals surface area contributed by atoms with Crippen LogP contribution in [0.3, 0.4) is 0 Å². The third kappa shape index (κ3) is 5.34. The van der Waals surface area contributed by atoms with E-state index in [2.05, 4.69) is 27.4 Å². The van der Waals surface area contributed by atoms with Crippen LogP contribution in [0.25, 0.3) is 0 Å². The molecule has 116 valence electrons. The second-order valence-corrected chi connectivity index (χ2v) is 5.53. The fraction of sp³-hybridized carbons (Fsp3) is 0.625. The Morgan fingerprint density at radius 1 is 1.43 bits per heavy atom. The molecule has 21 heavy (non-hydrogen) atoms. The summed E-state index contributed by atoms with van der Waals surface area (Å²) >= 11 is 0. The van der Waals surface area contributed by atoms with Gasteiger partial charge in [-0.05, 0) is 44.0 Å². The zero-order chi connectivity index (χ0) is 14.9. The van der Waals surface area contributed by atoms with Crippen molar-refractivity contribution in [3.8, 4) is 0 Å². The van der Waals surface area contributed by atoms with Crippen LogP contribution in [0.15, 0.2) is 24.5 Å². The van der Waals surface area contributed by atoms with E-state index in [4.69, 9.17) is 0 Å². The third-order valence-electron chi connectivity index (χ3n) is 4.08. The lowest BCUT2D eigenvalue weighted by Crippen LogP contribution is -2.48. The van der Waals surface area contributed by atoms with Gasteiger partial charge in [0.1, 0.15) is 0 Å². The summed E-state index contributed by atoms with van der Waals surface area (Å²) in [5.74, 6) is 0. The fourth-order valence-corrected chi connectivity index (χ4v) is 2.85. The fourth-order valence-electron chi connectivity index (χ4n) is 2.85. The molecule has 0 radical (unpaired) electrons. The zero-order valence-electron chi connectivity index (χ0n) is 12.8. The van der Waals surface area contributed by atoms with Gasteiger partial charge in [0.25, 0.3) is 0 Å². The van der Waals surface area contributed by atoms with Gasteiger partial charge in [-0.25, -0.2) is 4.79 Å². The van der Waals surface area contributed by atoms with Crippen molar-refractivity contribution >= 4 is 6.03 Å². The number of carbonyl (C=O) groups is 1. The quantitative estimate of drug-likeness (QED) is 0.840. The van der Waals surface area contributed by atoms with Crippen LogP contribution in [0, 0.1) is 0 Å². The average Bonchev–Trinajstić information content (AvgIpc) is 2.54. The topological polar surface area (TPSA) is 57.3 Å². The Labute approximate surface area is 127 Å². The number of amides is 2. The maximum Gasteiger partial charge on any atom is 0.314 e.